The van der Waals surface area contributed by atoms with Crippen molar-refractivity contribution < 1.29 is 14.3 Å². The molecule has 1 aliphatic heterocycles. The number of benzene rings is 1. The lowest BCUT2D eigenvalue weighted by atomic mass is 10.1. The molecule has 0 unspecified atom stereocenters. The third-order valence-corrected chi connectivity index (χ3v) is 3.14. The fourth-order valence-corrected chi connectivity index (χ4v) is 2.17. The first-order valence-electron chi connectivity index (χ1n) is 6.42. The molecule has 1 saturated heterocycles. The normalized spacial score (nSPS) is 15.7. The SMILES string of the molecule is O=C1CCCCCN1c1ccc(F)c(C#CCO)c1. The van der Waals surface area contributed by atoms with E-state index >= 15 is 0 Å². The highest BCUT2D eigenvalue weighted by Crippen LogP contribution is 2.22. The van der Waals surface area contributed by atoms with E-state index in [1.54, 1.807) is 17.0 Å². The maximum atomic E-state index is 13.5. The zero-order valence-electron chi connectivity index (χ0n) is 10.7. The summed E-state index contributed by atoms with van der Waals surface area (Å²) >= 11 is 0. The summed E-state index contributed by atoms with van der Waals surface area (Å²) in [6.07, 6.45) is 3.45. The number of hydrogen-bond acceptors (Lipinski definition) is 2. The van der Waals surface area contributed by atoms with Gasteiger partial charge in [-0.05, 0) is 31.0 Å². The van der Waals surface area contributed by atoms with E-state index < -0.39 is 5.82 Å². The lowest BCUT2D eigenvalue weighted by molar-refractivity contribution is -0.118. The molecular weight excluding hydrogens is 245 g/mol. The number of anilines is 1. The number of aliphatic hydroxyl groups is 1. The summed E-state index contributed by atoms with van der Waals surface area (Å²) in [4.78, 5) is 13.7. The summed E-state index contributed by atoms with van der Waals surface area (Å²) in [5, 5.41) is 8.66. The summed E-state index contributed by atoms with van der Waals surface area (Å²) < 4.78 is 13.5. The van der Waals surface area contributed by atoms with E-state index in [1.165, 1.54) is 6.07 Å². The number of halogens is 1. The lowest BCUT2D eigenvalue weighted by Gasteiger charge is -2.20. The molecule has 0 saturated carbocycles. The van der Waals surface area contributed by atoms with E-state index in [2.05, 4.69) is 11.8 Å². The van der Waals surface area contributed by atoms with Crippen LogP contribution in [-0.4, -0.2) is 24.2 Å². The van der Waals surface area contributed by atoms with Crippen LogP contribution in [0, 0.1) is 17.7 Å². The fraction of sp³-hybridized carbons (Fsp3) is 0.400. The van der Waals surface area contributed by atoms with Gasteiger partial charge in [-0.1, -0.05) is 18.3 Å². The summed E-state index contributed by atoms with van der Waals surface area (Å²) in [5.74, 6) is 4.62. The molecule has 19 heavy (non-hydrogen) atoms. The first-order valence-corrected chi connectivity index (χ1v) is 6.42. The number of carbonyl (C=O) groups is 1. The number of hydrogen-bond donors (Lipinski definition) is 1. The molecule has 1 heterocycles. The van der Waals surface area contributed by atoms with Crippen molar-refractivity contribution in [1.29, 1.82) is 0 Å². The van der Waals surface area contributed by atoms with Crippen molar-refractivity contribution in [1.82, 2.24) is 0 Å². The highest BCUT2D eigenvalue weighted by Gasteiger charge is 2.18. The van der Waals surface area contributed by atoms with Crippen molar-refractivity contribution in [2.24, 2.45) is 0 Å². The Morgan fingerprint density at radius 1 is 1.32 bits per heavy atom. The molecule has 1 N–H and O–H groups in total. The molecule has 1 aromatic carbocycles. The van der Waals surface area contributed by atoms with E-state index in [0.717, 1.165) is 19.3 Å². The molecule has 3 nitrogen and oxygen atoms in total. The average Bonchev–Trinajstić information content (AvgIpc) is 2.63. The zero-order chi connectivity index (χ0) is 13.7. The number of nitrogens with zero attached hydrogens (tertiary/aromatic N) is 1. The molecule has 2 rings (SSSR count). The summed E-state index contributed by atoms with van der Waals surface area (Å²) in [5.41, 5.74) is 0.888. The third kappa shape index (κ3) is 3.33. The third-order valence-electron chi connectivity index (χ3n) is 3.14. The van der Waals surface area contributed by atoms with Gasteiger partial charge in [-0.2, -0.15) is 0 Å². The van der Waals surface area contributed by atoms with Gasteiger partial charge in [0.25, 0.3) is 0 Å². The Balaban J connectivity index is 2.31. The Morgan fingerprint density at radius 2 is 2.16 bits per heavy atom. The van der Waals surface area contributed by atoms with Crippen LogP contribution in [0.15, 0.2) is 18.2 Å². The second kappa shape index (κ2) is 6.35. The van der Waals surface area contributed by atoms with Crippen LogP contribution in [0.25, 0.3) is 0 Å². The highest BCUT2D eigenvalue weighted by atomic mass is 19.1. The molecule has 4 heteroatoms. The second-order valence-electron chi connectivity index (χ2n) is 4.48. The minimum Gasteiger partial charge on any atom is -0.384 e. The molecular formula is C15H16FNO2. The minimum absolute atomic E-state index is 0.0742. The highest BCUT2D eigenvalue weighted by molar-refractivity contribution is 5.93. The molecule has 1 aliphatic rings. The largest absolute Gasteiger partial charge is 0.384 e. The van der Waals surface area contributed by atoms with Gasteiger partial charge in [0.2, 0.25) is 5.91 Å². The Kier molecular flexibility index (Phi) is 4.53. The maximum absolute atomic E-state index is 13.5. The van der Waals surface area contributed by atoms with Crippen molar-refractivity contribution in [2.75, 3.05) is 18.1 Å². The van der Waals surface area contributed by atoms with E-state index in [1.807, 2.05) is 0 Å². The lowest BCUT2D eigenvalue weighted by Crippen LogP contribution is -2.30. The second-order valence-corrected chi connectivity index (χ2v) is 4.48. The van der Waals surface area contributed by atoms with Crippen LogP contribution >= 0.6 is 0 Å². The maximum Gasteiger partial charge on any atom is 0.226 e. The average molecular weight is 261 g/mol. The first-order chi connectivity index (χ1) is 9.22. The first kappa shape index (κ1) is 13.6. The molecule has 1 aromatic rings. The standard InChI is InChI=1S/C15H16FNO2/c16-14-8-7-13(11-12(14)5-4-10-18)17-9-3-1-2-6-15(17)19/h7-8,11,18H,1-3,6,9-10H2. The van der Waals surface area contributed by atoms with Crippen LogP contribution in [0.4, 0.5) is 10.1 Å². The molecule has 1 fully saturated rings. The fourth-order valence-electron chi connectivity index (χ4n) is 2.17. The van der Waals surface area contributed by atoms with Crippen LogP contribution in [0.2, 0.25) is 0 Å². The number of carbonyl (C=O) groups excluding carboxylic acids is 1. The molecule has 0 radical (unpaired) electrons. The van der Waals surface area contributed by atoms with E-state index in [4.69, 9.17) is 5.11 Å². The predicted molar refractivity (Wildman–Crippen MR) is 71.2 cm³/mol. The molecule has 0 aliphatic carbocycles. The molecule has 0 bridgehead atoms. The van der Waals surface area contributed by atoms with E-state index in [0.29, 0.717) is 18.7 Å². The molecule has 0 spiro atoms. The van der Waals surface area contributed by atoms with Crippen LogP contribution in [0.5, 0.6) is 0 Å². The summed E-state index contributed by atoms with van der Waals surface area (Å²) in [7, 11) is 0. The van der Waals surface area contributed by atoms with Gasteiger partial charge in [0, 0.05) is 18.7 Å². The predicted octanol–water partition coefficient (Wildman–Crippen LogP) is 2.08. The number of amides is 1. The van der Waals surface area contributed by atoms with Crippen molar-refractivity contribution >= 4 is 11.6 Å². The Morgan fingerprint density at radius 3 is 2.95 bits per heavy atom. The van der Waals surface area contributed by atoms with E-state index in [9.17, 15) is 9.18 Å². The van der Waals surface area contributed by atoms with Crippen LogP contribution in [-0.2, 0) is 4.79 Å². The van der Waals surface area contributed by atoms with E-state index in [-0.39, 0.29) is 18.1 Å². The van der Waals surface area contributed by atoms with Crippen molar-refractivity contribution in [3.8, 4) is 11.8 Å². The van der Waals surface area contributed by atoms with Gasteiger partial charge in [0.1, 0.15) is 12.4 Å². The Bertz CT molecular complexity index is 531. The molecule has 0 aromatic heterocycles. The van der Waals surface area contributed by atoms with Gasteiger partial charge < -0.3 is 10.0 Å². The Labute approximate surface area is 112 Å². The van der Waals surface area contributed by atoms with Crippen molar-refractivity contribution in [2.45, 2.75) is 25.7 Å². The minimum atomic E-state index is -0.438. The Hall–Kier alpha value is -1.86. The molecule has 100 valence electrons. The quantitative estimate of drug-likeness (QED) is 0.786. The van der Waals surface area contributed by atoms with Gasteiger partial charge in [0.05, 0.1) is 5.56 Å². The van der Waals surface area contributed by atoms with Gasteiger partial charge in [-0.3, -0.25) is 4.79 Å². The smallest absolute Gasteiger partial charge is 0.226 e. The molecule has 0 atom stereocenters. The van der Waals surface area contributed by atoms with Gasteiger partial charge in [-0.15, -0.1) is 0 Å². The number of rotatable bonds is 1. The van der Waals surface area contributed by atoms with Gasteiger partial charge in [-0.25, -0.2) is 4.39 Å². The van der Waals surface area contributed by atoms with Crippen molar-refractivity contribution in [3.05, 3.63) is 29.6 Å². The van der Waals surface area contributed by atoms with Gasteiger partial charge >= 0.3 is 0 Å². The molecule has 1 amide bonds. The monoisotopic (exact) mass is 261 g/mol. The zero-order valence-corrected chi connectivity index (χ0v) is 10.7. The van der Waals surface area contributed by atoms with Crippen LogP contribution in [0.3, 0.4) is 0 Å². The summed E-state index contributed by atoms with van der Waals surface area (Å²) in [6, 6.07) is 4.48. The van der Waals surface area contributed by atoms with Crippen molar-refractivity contribution in [3.63, 3.8) is 0 Å². The summed E-state index contributed by atoms with van der Waals surface area (Å²) in [6.45, 7) is 0.351. The topological polar surface area (TPSA) is 40.5 Å². The van der Waals surface area contributed by atoms with Crippen LogP contribution in [0.1, 0.15) is 31.2 Å². The van der Waals surface area contributed by atoms with Gasteiger partial charge in [0.15, 0.2) is 0 Å². The number of aliphatic hydroxyl groups excluding tert-OH is 1. The van der Waals surface area contributed by atoms with Crippen LogP contribution < -0.4 is 4.90 Å².